The van der Waals surface area contributed by atoms with Crippen LogP contribution < -0.4 is 4.74 Å². The second-order valence-corrected chi connectivity index (χ2v) is 3.13. The van der Waals surface area contributed by atoms with Gasteiger partial charge < -0.3 is 9.72 Å². The summed E-state index contributed by atoms with van der Waals surface area (Å²) in [4.78, 5) is 17.3. The van der Waals surface area contributed by atoms with E-state index >= 15 is 0 Å². The molecule has 0 atom stereocenters. The summed E-state index contributed by atoms with van der Waals surface area (Å²) in [5, 5.41) is 0. The largest absolute Gasteiger partial charge is 0.494 e. The predicted molar refractivity (Wildman–Crippen MR) is 55.9 cm³/mol. The van der Waals surface area contributed by atoms with E-state index in [1.807, 2.05) is 0 Å². The molecule has 0 spiro atoms. The Morgan fingerprint density at radius 1 is 1.50 bits per heavy atom. The minimum atomic E-state index is -0.486. The number of aromatic amines is 1. The fraction of sp³-hybridized carbons (Fsp3) is 0.0909. The average molecular weight is 220 g/mol. The topological polar surface area (TPSA) is 55.0 Å². The number of benzene rings is 1. The van der Waals surface area contributed by atoms with Gasteiger partial charge in [0.1, 0.15) is 5.69 Å². The maximum atomic E-state index is 13.4. The van der Waals surface area contributed by atoms with Gasteiger partial charge >= 0.3 is 0 Å². The first-order valence-electron chi connectivity index (χ1n) is 4.58. The van der Waals surface area contributed by atoms with E-state index < -0.39 is 5.82 Å². The lowest BCUT2D eigenvalue weighted by atomic mass is 10.1. The zero-order chi connectivity index (χ0) is 11.5. The van der Waals surface area contributed by atoms with E-state index in [1.54, 1.807) is 6.07 Å². The van der Waals surface area contributed by atoms with Gasteiger partial charge in [0, 0.05) is 5.56 Å². The summed E-state index contributed by atoms with van der Waals surface area (Å²) in [5.74, 6) is -0.327. The van der Waals surface area contributed by atoms with Crippen molar-refractivity contribution in [2.75, 3.05) is 7.11 Å². The molecule has 2 aromatic rings. The molecule has 2 rings (SSSR count). The Kier molecular flexibility index (Phi) is 2.68. The molecule has 0 radical (unpaired) electrons. The van der Waals surface area contributed by atoms with Crippen molar-refractivity contribution >= 4 is 6.29 Å². The molecule has 0 aliphatic rings. The second kappa shape index (κ2) is 4.14. The van der Waals surface area contributed by atoms with Gasteiger partial charge in [-0.1, -0.05) is 0 Å². The molecule has 1 heterocycles. The molecule has 0 amide bonds. The highest BCUT2D eigenvalue weighted by atomic mass is 19.1. The van der Waals surface area contributed by atoms with Gasteiger partial charge in [0.15, 0.2) is 17.9 Å². The van der Waals surface area contributed by atoms with Crippen molar-refractivity contribution in [1.82, 2.24) is 9.97 Å². The summed E-state index contributed by atoms with van der Waals surface area (Å²) in [6.45, 7) is 0. The smallest absolute Gasteiger partial charge is 0.168 e. The summed E-state index contributed by atoms with van der Waals surface area (Å²) in [6, 6.07) is 4.42. The third kappa shape index (κ3) is 1.67. The van der Waals surface area contributed by atoms with Crippen LogP contribution in [0.1, 0.15) is 10.5 Å². The Morgan fingerprint density at radius 3 is 2.94 bits per heavy atom. The number of methoxy groups -OCH3 is 1. The summed E-state index contributed by atoms with van der Waals surface area (Å²) < 4.78 is 18.2. The van der Waals surface area contributed by atoms with Crippen LogP contribution >= 0.6 is 0 Å². The zero-order valence-electron chi connectivity index (χ0n) is 8.53. The van der Waals surface area contributed by atoms with E-state index in [4.69, 9.17) is 4.74 Å². The van der Waals surface area contributed by atoms with Gasteiger partial charge in [-0.25, -0.2) is 9.37 Å². The SMILES string of the molecule is COc1ccc(-c2nc[nH]c2C=O)cc1F. The van der Waals surface area contributed by atoms with Crippen molar-refractivity contribution in [1.29, 1.82) is 0 Å². The number of aromatic nitrogens is 2. The molecule has 0 aliphatic heterocycles. The van der Waals surface area contributed by atoms with Crippen LogP contribution in [0, 0.1) is 5.82 Å². The van der Waals surface area contributed by atoms with Crippen molar-refractivity contribution in [2.45, 2.75) is 0 Å². The molecule has 0 saturated carbocycles. The third-order valence-electron chi connectivity index (χ3n) is 2.21. The quantitative estimate of drug-likeness (QED) is 0.805. The Hall–Kier alpha value is -2.17. The van der Waals surface area contributed by atoms with E-state index in [-0.39, 0.29) is 5.75 Å². The molecule has 16 heavy (non-hydrogen) atoms. The number of nitrogens with zero attached hydrogens (tertiary/aromatic N) is 1. The number of hydrogen-bond acceptors (Lipinski definition) is 3. The number of halogens is 1. The van der Waals surface area contributed by atoms with Crippen molar-refractivity contribution in [3.8, 4) is 17.0 Å². The van der Waals surface area contributed by atoms with Crippen molar-refractivity contribution in [3.63, 3.8) is 0 Å². The van der Waals surface area contributed by atoms with Gasteiger partial charge in [0.2, 0.25) is 0 Å². The van der Waals surface area contributed by atoms with Crippen LogP contribution in [0.2, 0.25) is 0 Å². The Labute approximate surface area is 91.1 Å². The first kappa shape index (κ1) is 10.4. The van der Waals surface area contributed by atoms with E-state index in [0.29, 0.717) is 23.2 Å². The molecule has 1 aromatic carbocycles. The van der Waals surface area contributed by atoms with E-state index in [9.17, 15) is 9.18 Å². The number of rotatable bonds is 3. The van der Waals surface area contributed by atoms with Crippen LogP contribution in [-0.2, 0) is 0 Å². The number of hydrogen-bond donors (Lipinski definition) is 1. The predicted octanol–water partition coefficient (Wildman–Crippen LogP) is 2.04. The molecule has 82 valence electrons. The molecular formula is C11H9FN2O2. The minimum Gasteiger partial charge on any atom is -0.494 e. The van der Waals surface area contributed by atoms with Gasteiger partial charge in [0.25, 0.3) is 0 Å². The van der Waals surface area contributed by atoms with Gasteiger partial charge in [-0.2, -0.15) is 0 Å². The highest BCUT2D eigenvalue weighted by molar-refractivity contribution is 5.83. The van der Waals surface area contributed by atoms with Crippen LogP contribution in [-0.4, -0.2) is 23.4 Å². The van der Waals surface area contributed by atoms with Crippen LogP contribution in [0.4, 0.5) is 4.39 Å². The van der Waals surface area contributed by atoms with Gasteiger partial charge in [-0.05, 0) is 18.2 Å². The van der Waals surface area contributed by atoms with Gasteiger partial charge in [0.05, 0.1) is 19.1 Å². The fourth-order valence-corrected chi connectivity index (χ4v) is 1.44. The second-order valence-electron chi connectivity index (χ2n) is 3.13. The third-order valence-corrected chi connectivity index (χ3v) is 2.21. The van der Waals surface area contributed by atoms with Crippen molar-refractivity contribution in [3.05, 3.63) is 36.0 Å². The van der Waals surface area contributed by atoms with Crippen molar-refractivity contribution < 1.29 is 13.9 Å². The maximum Gasteiger partial charge on any atom is 0.168 e. The molecule has 0 unspecified atom stereocenters. The minimum absolute atomic E-state index is 0.159. The number of imidazole rings is 1. The molecule has 5 heteroatoms. The van der Waals surface area contributed by atoms with E-state index in [0.717, 1.165) is 0 Å². The highest BCUT2D eigenvalue weighted by Crippen LogP contribution is 2.25. The lowest BCUT2D eigenvalue weighted by Crippen LogP contribution is -1.90. The highest BCUT2D eigenvalue weighted by Gasteiger charge is 2.10. The maximum absolute atomic E-state index is 13.4. The molecule has 0 fully saturated rings. The molecule has 0 saturated heterocycles. The Balaban J connectivity index is 2.49. The van der Waals surface area contributed by atoms with Crippen LogP contribution in [0.5, 0.6) is 5.75 Å². The molecule has 1 N–H and O–H groups in total. The summed E-state index contributed by atoms with van der Waals surface area (Å²) >= 11 is 0. The Bertz CT molecular complexity index is 522. The molecule has 4 nitrogen and oxygen atoms in total. The number of nitrogens with one attached hydrogen (secondary N) is 1. The van der Waals surface area contributed by atoms with Gasteiger partial charge in [-0.15, -0.1) is 0 Å². The monoisotopic (exact) mass is 220 g/mol. The summed E-state index contributed by atoms with van der Waals surface area (Å²) in [5.41, 5.74) is 1.28. The van der Waals surface area contributed by atoms with Crippen molar-refractivity contribution in [2.24, 2.45) is 0 Å². The number of aldehydes is 1. The van der Waals surface area contributed by atoms with E-state index in [1.165, 1.54) is 25.6 Å². The molecular weight excluding hydrogens is 211 g/mol. The lowest BCUT2D eigenvalue weighted by Gasteiger charge is -2.03. The molecule has 1 aromatic heterocycles. The van der Waals surface area contributed by atoms with Gasteiger partial charge in [-0.3, -0.25) is 4.79 Å². The number of H-pyrrole nitrogens is 1. The number of carbonyl (C=O) groups excluding carboxylic acids is 1. The van der Waals surface area contributed by atoms with Crippen LogP contribution in [0.15, 0.2) is 24.5 Å². The number of carbonyl (C=O) groups is 1. The number of ether oxygens (including phenoxy) is 1. The summed E-state index contributed by atoms with van der Waals surface area (Å²) in [7, 11) is 1.39. The standard InChI is InChI=1S/C11H9FN2O2/c1-16-10-3-2-7(4-8(10)12)11-9(5-15)13-6-14-11/h2-6H,1H3,(H,13,14). The van der Waals surface area contributed by atoms with Crippen LogP contribution in [0.25, 0.3) is 11.3 Å². The zero-order valence-corrected chi connectivity index (χ0v) is 8.53. The first-order valence-corrected chi connectivity index (χ1v) is 4.58. The molecule has 0 aliphatic carbocycles. The lowest BCUT2D eigenvalue weighted by molar-refractivity contribution is 0.112. The van der Waals surface area contributed by atoms with E-state index in [2.05, 4.69) is 9.97 Å². The normalized spacial score (nSPS) is 10.1. The summed E-state index contributed by atoms with van der Waals surface area (Å²) in [6.07, 6.45) is 2.03. The first-order chi connectivity index (χ1) is 7.76. The average Bonchev–Trinajstić information content (AvgIpc) is 2.77. The molecule has 0 bridgehead atoms. The van der Waals surface area contributed by atoms with Crippen LogP contribution in [0.3, 0.4) is 0 Å². The Morgan fingerprint density at radius 2 is 2.31 bits per heavy atom. The fourth-order valence-electron chi connectivity index (χ4n) is 1.44.